The first-order valence-electron chi connectivity index (χ1n) is 15.9. The summed E-state index contributed by atoms with van der Waals surface area (Å²) < 4.78 is 7.33. The van der Waals surface area contributed by atoms with Crippen LogP contribution in [0.2, 0.25) is 0 Å². The number of aromatic nitrogens is 3. The summed E-state index contributed by atoms with van der Waals surface area (Å²) in [6.07, 6.45) is 6.29. The van der Waals surface area contributed by atoms with Gasteiger partial charge in [0, 0.05) is 49.0 Å². The van der Waals surface area contributed by atoms with Crippen molar-refractivity contribution in [1.82, 2.24) is 13.5 Å². The van der Waals surface area contributed by atoms with Gasteiger partial charge in [-0.25, -0.2) is 0 Å². The minimum Gasteiger partial charge on any atom is -0.309 e. The Hall–Kier alpha value is -6.06. The van der Waals surface area contributed by atoms with E-state index in [0.717, 1.165) is 16.9 Å². The molecule has 6 aromatic carbocycles. The summed E-state index contributed by atoms with van der Waals surface area (Å²) in [5.74, 6) is 0. The van der Waals surface area contributed by atoms with Crippen molar-refractivity contribution in [3.8, 4) is 11.4 Å². The molecule has 0 fully saturated rings. The molecule has 0 saturated heterocycles. The van der Waals surface area contributed by atoms with E-state index in [1.807, 2.05) is 6.08 Å². The number of rotatable bonds is 4. The molecule has 0 aliphatic rings. The van der Waals surface area contributed by atoms with E-state index in [4.69, 9.17) is 0 Å². The lowest BCUT2D eigenvalue weighted by atomic mass is 10.1. The largest absolute Gasteiger partial charge is 0.309 e. The summed E-state index contributed by atoms with van der Waals surface area (Å²) in [5, 5.41) is 8.83. The highest BCUT2D eigenvalue weighted by molar-refractivity contribution is 6.26. The van der Waals surface area contributed by atoms with Crippen molar-refractivity contribution in [2.45, 2.75) is 6.92 Å². The van der Waals surface area contributed by atoms with Crippen LogP contribution in [-0.4, -0.2) is 13.5 Å². The summed E-state index contributed by atoms with van der Waals surface area (Å²) in [7, 11) is 0. The van der Waals surface area contributed by atoms with Crippen LogP contribution in [0.5, 0.6) is 0 Å². The van der Waals surface area contributed by atoms with E-state index in [0.29, 0.717) is 0 Å². The van der Waals surface area contributed by atoms with Crippen LogP contribution < -0.4 is 0 Å². The smallest absolute Gasteiger partial charge is 0.0641 e. The predicted molar refractivity (Wildman–Crippen MR) is 197 cm³/mol. The lowest BCUT2D eigenvalue weighted by Crippen LogP contribution is -1.99. The van der Waals surface area contributed by atoms with E-state index in [-0.39, 0.29) is 0 Å². The maximum atomic E-state index is 4.19. The Bertz CT molecular complexity index is 2890. The Morgan fingerprint density at radius 2 is 1.09 bits per heavy atom. The zero-order valence-electron chi connectivity index (χ0n) is 25.4. The molecular weight excluding hydrogens is 558 g/mol. The zero-order chi connectivity index (χ0) is 30.5. The van der Waals surface area contributed by atoms with Crippen LogP contribution in [0.15, 0.2) is 140 Å². The van der Waals surface area contributed by atoms with Crippen LogP contribution >= 0.6 is 0 Å². The van der Waals surface area contributed by atoms with Gasteiger partial charge < -0.3 is 13.5 Å². The van der Waals surface area contributed by atoms with Crippen molar-refractivity contribution < 1.29 is 0 Å². The van der Waals surface area contributed by atoms with Gasteiger partial charge in [0.15, 0.2) is 0 Å². The average Bonchev–Trinajstić information content (AvgIpc) is 3.82. The molecule has 10 aromatic rings. The SMILES string of the molecule is C=Cc1c(/C=C\C)n(-c2ccc3c4ccccc4n(-c4ccc5c6ccccc6n6c7ccccc7c4c56)c3c2)c2ccccc12. The Kier molecular flexibility index (Phi) is 5.07. The Morgan fingerprint density at radius 3 is 1.80 bits per heavy atom. The van der Waals surface area contributed by atoms with Crippen molar-refractivity contribution in [2.75, 3.05) is 0 Å². The molecule has 0 N–H and O–H groups in total. The molecule has 0 spiro atoms. The Balaban J connectivity index is 1.37. The molecular formula is C43H29N3. The number of fused-ring (bicyclic) bond motifs is 10. The summed E-state index contributed by atoms with van der Waals surface area (Å²) >= 11 is 0. The van der Waals surface area contributed by atoms with E-state index >= 15 is 0 Å². The van der Waals surface area contributed by atoms with Crippen LogP contribution in [0.25, 0.3) is 94.3 Å². The van der Waals surface area contributed by atoms with Gasteiger partial charge in [-0.05, 0) is 55.5 Å². The molecule has 0 amide bonds. The molecule has 0 aliphatic heterocycles. The quantitative estimate of drug-likeness (QED) is 0.194. The molecule has 0 unspecified atom stereocenters. The molecule has 3 nitrogen and oxygen atoms in total. The fourth-order valence-corrected chi connectivity index (χ4v) is 8.09. The first-order chi connectivity index (χ1) is 22.8. The molecule has 4 heterocycles. The summed E-state index contributed by atoms with van der Waals surface area (Å²) in [6.45, 7) is 6.27. The minimum absolute atomic E-state index is 1.13. The van der Waals surface area contributed by atoms with Crippen molar-refractivity contribution >= 4 is 83.0 Å². The van der Waals surface area contributed by atoms with Gasteiger partial charge in [-0.2, -0.15) is 0 Å². The molecule has 216 valence electrons. The van der Waals surface area contributed by atoms with E-state index < -0.39 is 0 Å². The number of allylic oxidation sites excluding steroid dienone is 1. The number of hydrogen-bond donors (Lipinski definition) is 0. The molecule has 0 radical (unpaired) electrons. The third-order valence-corrected chi connectivity index (χ3v) is 9.87. The van der Waals surface area contributed by atoms with Crippen molar-refractivity contribution in [3.63, 3.8) is 0 Å². The molecule has 3 heteroatoms. The third-order valence-electron chi connectivity index (χ3n) is 9.87. The topological polar surface area (TPSA) is 14.3 Å². The van der Waals surface area contributed by atoms with Gasteiger partial charge in [0.2, 0.25) is 0 Å². The van der Waals surface area contributed by atoms with Gasteiger partial charge in [0.05, 0.1) is 44.5 Å². The van der Waals surface area contributed by atoms with Gasteiger partial charge >= 0.3 is 0 Å². The molecule has 10 rings (SSSR count). The van der Waals surface area contributed by atoms with Crippen LogP contribution in [0.4, 0.5) is 0 Å². The molecule has 0 bridgehead atoms. The van der Waals surface area contributed by atoms with Crippen molar-refractivity contribution in [3.05, 3.63) is 151 Å². The molecule has 0 atom stereocenters. The molecule has 0 aliphatic carbocycles. The van der Waals surface area contributed by atoms with Crippen LogP contribution in [0.3, 0.4) is 0 Å². The second-order valence-corrected chi connectivity index (χ2v) is 12.1. The monoisotopic (exact) mass is 587 g/mol. The third kappa shape index (κ3) is 3.11. The van der Waals surface area contributed by atoms with E-state index in [2.05, 4.69) is 167 Å². The summed E-state index contributed by atoms with van der Waals surface area (Å²) in [4.78, 5) is 0. The number of benzene rings is 6. The van der Waals surface area contributed by atoms with Crippen molar-refractivity contribution in [1.29, 1.82) is 0 Å². The highest BCUT2D eigenvalue weighted by atomic mass is 15.0. The van der Waals surface area contributed by atoms with Crippen LogP contribution in [0, 0.1) is 0 Å². The van der Waals surface area contributed by atoms with Gasteiger partial charge in [-0.15, -0.1) is 0 Å². The number of hydrogen-bond acceptors (Lipinski definition) is 0. The fourth-order valence-electron chi connectivity index (χ4n) is 8.09. The summed E-state index contributed by atoms with van der Waals surface area (Å²) in [6, 6.07) is 46.7. The average molecular weight is 588 g/mol. The maximum absolute atomic E-state index is 4.19. The second kappa shape index (κ2) is 9.23. The molecule has 0 saturated carbocycles. The first-order valence-corrected chi connectivity index (χ1v) is 15.9. The lowest BCUT2D eigenvalue weighted by Gasteiger charge is -2.13. The number of nitrogens with zero attached hydrogens (tertiary/aromatic N) is 3. The standard InChI is InChI=1S/C43H29N3/c1-3-13-35-28(4-2)29-14-5-9-18-36(29)44(35)27-22-23-32-30-15-6-10-19-37(30)45(41(32)26-27)40-25-24-33-31-16-7-11-20-38(31)46-39-21-12-8-17-34(39)42(40)43(33)46/h3-26H,2H2,1H3/b13-3-. The fraction of sp³-hybridized carbons (Fsp3) is 0.0233. The normalized spacial score (nSPS) is 12.5. The maximum Gasteiger partial charge on any atom is 0.0641 e. The Labute approximate surface area is 265 Å². The first kappa shape index (κ1) is 25.3. The van der Waals surface area contributed by atoms with Crippen molar-refractivity contribution in [2.24, 2.45) is 0 Å². The summed E-state index contributed by atoms with van der Waals surface area (Å²) in [5.41, 5.74) is 11.9. The lowest BCUT2D eigenvalue weighted by molar-refractivity contribution is 1.10. The van der Waals surface area contributed by atoms with Crippen LogP contribution in [-0.2, 0) is 0 Å². The highest BCUT2D eigenvalue weighted by Crippen LogP contribution is 2.44. The van der Waals surface area contributed by atoms with Gasteiger partial charge in [-0.3, -0.25) is 0 Å². The van der Waals surface area contributed by atoms with Gasteiger partial charge in [0.25, 0.3) is 0 Å². The predicted octanol–water partition coefficient (Wildman–Crippen LogP) is 11.6. The van der Waals surface area contributed by atoms with Gasteiger partial charge in [0.1, 0.15) is 0 Å². The van der Waals surface area contributed by atoms with E-state index in [1.54, 1.807) is 0 Å². The second-order valence-electron chi connectivity index (χ2n) is 12.1. The van der Waals surface area contributed by atoms with Gasteiger partial charge in [-0.1, -0.05) is 104 Å². The molecule has 46 heavy (non-hydrogen) atoms. The number of para-hydroxylation sites is 4. The van der Waals surface area contributed by atoms with E-state index in [9.17, 15) is 0 Å². The minimum atomic E-state index is 1.13. The zero-order valence-corrected chi connectivity index (χ0v) is 25.4. The van der Waals surface area contributed by atoms with E-state index in [1.165, 1.54) is 76.5 Å². The van der Waals surface area contributed by atoms with Crippen LogP contribution in [0.1, 0.15) is 18.2 Å². The Morgan fingerprint density at radius 1 is 0.522 bits per heavy atom. The molecule has 4 aromatic heterocycles. The highest BCUT2D eigenvalue weighted by Gasteiger charge is 2.23.